The minimum Gasteiger partial charge on any atom is -0.744 e. The maximum absolute atomic E-state index is 13.8. The predicted molar refractivity (Wildman–Crippen MR) is 273 cm³/mol. The molecule has 6 aromatic carbocycles. The van der Waals surface area contributed by atoms with Gasteiger partial charge in [-0.2, -0.15) is 12.1 Å². The molecule has 0 radical (unpaired) electrons. The molecule has 1 aliphatic carbocycles. The van der Waals surface area contributed by atoms with Crippen molar-refractivity contribution in [3.8, 4) is 22.5 Å². The Morgan fingerprint density at radius 3 is 1.38 bits per heavy atom. The third-order valence-electron chi connectivity index (χ3n) is 12.8. The van der Waals surface area contributed by atoms with E-state index in [1.54, 1.807) is 26.8 Å². The van der Waals surface area contributed by atoms with Crippen LogP contribution in [0.2, 0.25) is 0 Å². The number of benzene rings is 7. The van der Waals surface area contributed by atoms with Gasteiger partial charge >= 0.3 is 177 Å². The van der Waals surface area contributed by atoms with Crippen LogP contribution in [0, 0.1) is 47.6 Å². The summed E-state index contributed by atoms with van der Waals surface area (Å²) in [7, 11) is -20.3. The summed E-state index contributed by atoms with van der Waals surface area (Å²) in [5, 5.41) is 49.5. The molecule has 0 unspecified atom stereocenters. The molecule has 0 spiro atoms. The minimum atomic E-state index is -5.53. The molecule has 4 N–H and O–H groups in total. The first-order chi connectivity index (χ1) is 37.2. The predicted octanol–water partition coefficient (Wildman–Crippen LogP) is -17.2. The van der Waals surface area contributed by atoms with Crippen molar-refractivity contribution in [3.05, 3.63) is 164 Å². The zero-order valence-electron chi connectivity index (χ0n) is 48.1. The van der Waals surface area contributed by atoms with Crippen LogP contribution in [0.5, 0.6) is 0 Å². The summed E-state index contributed by atoms with van der Waals surface area (Å²) in [6.45, 7) is 9.21. The number of aryl methyl sites for hydroxylation is 4. The maximum atomic E-state index is 13.8. The van der Waals surface area contributed by atoms with Gasteiger partial charge in [0.1, 0.15) is 30.9 Å². The third-order valence-corrected chi connectivity index (χ3v) is 17.2. The number of aromatic carboxylic acids is 4. The maximum Gasteiger partial charge on any atom is 1.00 e. The number of fused-ring (bicyclic) bond motifs is 2. The van der Waals surface area contributed by atoms with Gasteiger partial charge in [-0.3, -0.25) is 9.44 Å². The van der Waals surface area contributed by atoms with Gasteiger partial charge in [-0.25, -0.2) is 38.7 Å². The average molecular weight is 1300 g/mol. The van der Waals surface area contributed by atoms with Crippen LogP contribution in [-0.2, 0) is 40.3 Å². The van der Waals surface area contributed by atoms with Crippen LogP contribution in [-0.4, -0.2) is 66.7 Å². The summed E-state index contributed by atoms with van der Waals surface area (Å²) >= 11 is 0. The number of rotatable bonds is 16. The number of carboxylic acids is 4. The number of carbonyl (C=O) groups is 4. The number of sulfonamides is 2. The summed E-state index contributed by atoms with van der Waals surface area (Å²) < 4.78 is 145. The molecule has 6 aromatic rings. The number of carboxylic acid groups (broad SMARTS) is 4. The van der Waals surface area contributed by atoms with Crippen molar-refractivity contribution >= 4 is 104 Å². The normalized spacial score (nSPS) is 11.5. The van der Waals surface area contributed by atoms with Crippen LogP contribution < -0.4 is 223 Å². The van der Waals surface area contributed by atoms with Crippen LogP contribution in [0.25, 0.3) is 33.4 Å². The molecule has 1 heterocycles. The molecule has 86 heavy (non-hydrogen) atoms. The van der Waals surface area contributed by atoms with Gasteiger partial charge in [0.2, 0.25) is 11.0 Å². The fraction of sp³-hybridized carbons (Fsp3) is 0.113. The molecular formula is C53H38N4Na6O19S4. The summed E-state index contributed by atoms with van der Waals surface area (Å²) in [6, 6.07) is 19.7. The van der Waals surface area contributed by atoms with Gasteiger partial charge in [0.25, 0.3) is 20.0 Å². The molecule has 0 saturated carbocycles. The Bertz CT molecular complexity index is 4540. The number of carbonyl (C=O) groups excluding carboxylic acids is 4. The van der Waals surface area contributed by atoms with Gasteiger partial charge in [-0.15, -0.1) is 6.07 Å². The molecule has 8 rings (SSSR count). The molecule has 0 aromatic heterocycles. The summed E-state index contributed by atoms with van der Waals surface area (Å²) in [4.78, 5) is 46.4. The molecule has 33 heteroatoms. The molecule has 0 amide bonds. The third kappa shape index (κ3) is 16.9. The van der Waals surface area contributed by atoms with E-state index in [4.69, 9.17) is 4.42 Å². The molecular weight excluding hydrogens is 1260 g/mol. The Morgan fingerprint density at radius 2 is 0.930 bits per heavy atom. The largest absolute Gasteiger partial charge is 1.00 e. The first-order valence-electron chi connectivity index (χ1n) is 22.9. The first kappa shape index (κ1) is 79.1. The molecule has 0 fully saturated rings. The van der Waals surface area contributed by atoms with E-state index in [9.17, 15) is 82.4 Å². The quantitative estimate of drug-likeness (QED) is 0.0302. The Hall–Kier alpha value is -2.99. The van der Waals surface area contributed by atoms with E-state index in [0.717, 1.165) is 18.2 Å². The Labute approximate surface area is 626 Å². The van der Waals surface area contributed by atoms with Gasteiger partial charge in [0.05, 0.1) is 56.0 Å². The Balaban J connectivity index is 0.00000420. The molecule has 23 nitrogen and oxygen atoms in total. The van der Waals surface area contributed by atoms with Crippen LogP contribution in [0.4, 0.5) is 28.4 Å². The molecule has 0 saturated heterocycles. The monoisotopic (exact) mass is 1300 g/mol. The summed E-state index contributed by atoms with van der Waals surface area (Å²) in [6.07, 6.45) is 0. The van der Waals surface area contributed by atoms with Crippen LogP contribution >= 0.6 is 0 Å². The second-order valence-corrected chi connectivity index (χ2v) is 24.3. The number of nitrogens with one attached hydrogen (secondary N) is 4. The Kier molecular flexibility index (Phi) is 28.0. The van der Waals surface area contributed by atoms with Gasteiger partial charge in [-0.05, 0) is 146 Å². The average Bonchev–Trinajstić information content (AvgIpc) is 1.35. The molecule has 0 atom stereocenters. The summed E-state index contributed by atoms with van der Waals surface area (Å²) in [5.41, 5.74) is -1.66. The standard InChI is InChI=1S/C53H43N4O19S4.6Na/c1-24-13-26(3)48(56-77(66,67)35-17-30(50(58)59)15-31(18-35)51(60)61)28(5)46(24)54-34-11-12-37-41(21-34)76-42-23-40(44(80(73,74)75)22-39(42)45(37)38-9-7-8-10-43(38)79(70,71)72)55-47-25(2)14-27(4)49(29(47)6)57-78(68,69)36-19-32(52(62)63)16-33(20-36)53(64)65;;;;;;/h7-10,12-23,54,56-57H,1-6H3,(H,58,59)(H,60,61)(H,62,63)(H,64,65)(H,70,71,72)(H,73,74,75);;;;;;/q-1;6*+1/p-5. The van der Waals surface area contributed by atoms with Crippen molar-refractivity contribution in [1.29, 1.82) is 0 Å². The smallest absolute Gasteiger partial charge is 0.744 e. The van der Waals surface area contributed by atoms with E-state index in [-0.39, 0.29) is 256 Å². The van der Waals surface area contributed by atoms with E-state index in [1.807, 2.05) is 0 Å². The van der Waals surface area contributed by atoms with E-state index < -0.39 is 111 Å². The van der Waals surface area contributed by atoms with Crippen molar-refractivity contribution in [2.75, 3.05) is 14.8 Å². The van der Waals surface area contributed by atoms with Crippen LogP contribution in [0.3, 0.4) is 0 Å². The van der Waals surface area contributed by atoms with Crippen molar-refractivity contribution in [1.82, 2.24) is 0 Å². The SMILES string of the molecule is Cc1cc(C)c(NS(=O)(=O)c2cc(C(=O)[O-])cc(C(=O)[O-])c2)c(C)c1Nc1[c-]cc2c(-c3ccccc3S(=O)(=O)[O-])c3cc(S(=O)(=O)[O-])c(=[NH+]c4c(C)cc(C)c(NS(=O)(=O)c5cc(C(=O)[O-])cc(C(=O)[O-])c5)c4C)cc-3oc2c1.[Na+].[Na+].[Na+].[Na+].[Na+].[Na+]. The molecule has 414 valence electrons. The topological polar surface area (TPSA) is 406 Å². The summed E-state index contributed by atoms with van der Waals surface area (Å²) in [5.74, 6) is -7.73. The van der Waals surface area contributed by atoms with E-state index in [2.05, 4.69) is 25.8 Å². The zero-order chi connectivity index (χ0) is 58.9. The Morgan fingerprint density at radius 1 is 0.500 bits per heavy atom. The fourth-order valence-electron chi connectivity index (χ4n) is 9.12. The van der Waals surface area contributed by atoms with Gasteiger partial charge < -0.3 is 58.4 Å². The van der Waals surface area contributed by atoms with Crippen molar-refractivity contribution in [2.24, 2.45) is 0 Å². The van der Waals surface area contributed by atoms with E-state index >= 15 is 0 Å². The number of hydrogen-bond donors (Lipinski definition) is 4. The van der Waals surface area contributed by atoms with Crippen molar-refractivity contribution < 1.29 is 269 Å². The van der Waals surface area contributed by atoms with E-state index in [1.165, 1.54) is 57.2 Å². The number of hydrogen-bond acceptors (Lipinski definition) is 20. The van der Waals surface area contributed by atoms with Gasteiger partial charge in [-0.1, -0.05) is 40.9 Å². The second kappa shape index (κ2) is 30.4. The van der Waals surface area contributed by atoms with Gasteiger partial charge in [0.15, 0.2) is 0 Å². The minimum absolute atomic E-state index is 0. The fourth-order valence-corrected chi connectivity index (χ4v) is 13.0. The zero-order valence-corrected chi connectivity index (χ0v) is 63.4. The van der Waals surface area contributed by atoms with Crippen LogP contribution in [0.1, 0.15) is 74.8 Å². The molecule has 1 aliphatic heterocycles. The molecule has 2 aliphatic rings. The number of anilines is 4. The van der Waals surface area contributed by atoms with Crippen molar-refractivity contribution in [3.63, 3.8) is 0 Å². The second-order valence-electron chi connectivity index (χ2n) is 18.2. The van der Waals surface area contributed by atoms with Crippen LogP contribution in [0.15, 0.2) is 121 Å². The first-order valence-corrected chi connectivity index (χ1v) is 28.7. The van der Waals surface area contributed by atoms with Crippen molar-refractivity contribution in [2.45, 2.75) is 61.1 Å². The van der Waals surface area contributed by atoms with E-state index in [0.29, 0.717) is 53.1 Å². The molecule has 0 bridgehead atoms. The van der Waals surface area contributed by atoms with Gasteiger partial charge in [0, 0.05) is 28.0 Å².